The van der Waals surface area contributed by atoms with Crippen molar-refractivity contribution in [2.75, 3.05) is 18.5 Å². The number of anilines is 1. The molecule has 150 valence electrons. The van der Waals surface area contributed by atoms with E-state index in [1.54, 1.807) is 6.08 Å². The molecule has 1 N–H and O–H groups in total. The molecule has 29 heavy (non-hydrogen) atoms. The number of aryl methyl sites for hydroxylation is 1. The van der Waals surface area contributed by atoms with E-state index in [0.717, 1.165) is 24.3 Å². The number of carbonyl (C=O) groups is 2. The van der Waals surface area contributed by atoms with E-state index in [1.807, 2.05) is 55.5 Å². The van der Waals surface area contributed by atoms with Crippen LogP contribution in [0, 0.1) is 0 Å². The van der Waals surface area contributed by atoms with Crippen LogP contribution in [0.1, 0.15) is 31.4 Å². The molecule has 1 aliphatic heterocycles. The molecule has 1 heterocycles. The Bertz CT molecular complexity index is 928. The van der Waals surface area contributed by atoms with Gasteiger partial charge in [-0.3, -0.25) is 14.5 Å². The zero-order valence-corrected chi connectivity index (χ0v) is 16.9. The van der Waals surface area contributed by atoms with Crippen molar-refractivity contribution in [3.63, 3.8) is 0 Å². The van der Waals surface area contributed by atoms with Gasteiger partial charge in [0.1, 0.15) is 11.4 Å². The predicted molar refractivity (Wildman–Crippen MR) is 116 cm³/mol. The second-order valence-corrected chi connectivity index (χ2v) is 6.81. The first kappa shape index (κ1) is 20.4. The van der Waals surface area contributed by atoms with Crippen molar-refractivity contribution in [2.24, 2.45) is 0 Å². The molecule has 0 saturated carbocycles. The molecule has 0 aromatic heterocycles. The van der Waals surface area contributed by atoms with E-state index in [4.69, 9.17) is 4.74 Å². The van der Waals surface area contributed by atoms with E-state index in [9.17, 15) is 9.59 Å². The number of amides is 2. The number of ether oxygens (including phenoxy) is 1. The van der Waals surface area contributed by atoms with Crippen LogP contribution >= 0.6 is 0 Å². The molecule has 0 spiro atoms. The highest BCUT2D eigenvalue weighted by Crippen LogP contribution is 2.31. The third-order valence-corrected chi connectivity index (χ3v) is 4.73. The summed E-state index contributed by atoms with van der Waals surface area (Å²) in [5, 5.41) is 3.16. The van der Waals surface area contributed by atoms with Crippen LogP contribution in [0.4, 0.5) is 5.69 Å². The van der Waals surface area contributed by atoms with E-state index in [2.05, 4.69) is 18.8 Å². The number of carbonyl (C=O) groups excluding carboxylic acids is 2. The quantitative estimate of drug-likeness (QED) is 0.509. The minimum atomic E-state index is -0.351. The lowest BCUT2D eigenvalue weighted by molar-refractivity contribution is -0.136. The highest BCUT2D eigenvalue weighted by Gasteiger charge is 2.38. The van der Waals surface area contributed by atoms with Crippen LogP contribution < -0.4 is 10.1 Å². The van der Waals surface area contributed by atoms with Gasteiger partial charge < -0.3 is 10.1 Å². The smallest absolute Gasteiger partial charge is 0.278 e. The van der Waals surface area contributed by atoms with Crippen molar-refractivity contribution in [2.45, 2.75) is 26.7 Å². The molecule has 2 amide bonds. The van der Waals surface area contributed by atoms with Crippen LogP contribution in [0.15, 0.2) is 66.9 Å². The Kier molecular flexibility index (Phi) is 6.50. The van der Waals surface area contributed by atoms with E-state index in [1.165, 1.54) is 10.5 Å². The van der Waals surface area contributed by atoms with Gasteiger partial charge in [0.25, 0.3) is 11.8 Å². The third kappa shape index (κ3) is 4.40. The van der Waals surface area contributed by atoms with Crippen molar-refractivity contribution in [1.82, 2.24) is 4.90 Å². The van der Waals surface area contributed by atoms with Gasteiger partial charge in [0, 0.05) is 12.2 Å². The van der Waals surface area contributed by atoms with E-state index < -0.39 is 0 Å². The number of nitrogens with one attached hydrogen (secondary N) is 1. The number of hydrogen-bond donors (Lipinski definition) is 1. The van der Waals surface area contributed by atoms with Crippen molar-refractivity contribution in [1.29, 1.82) is 0 Å². The fraction of sp³-hybridized carbons (Fsp3) is 0.250. The Hall–Kier alpha value is -3.34. The van der Waals surface area contributed by atoms with Gasteiger partial charge in [0.2, 0.25) is 0 Å². The first-order valence-electron chi connectivity index (χ1n) is 9.89. The predicted octanol–water partition coefficient (Wildman–Crippen LogP) is 4.42. The van der Waals surface area contributed by atoms with Crippen LogP contribution in [0.3, 0.4) is 0 Å². The van der Waals surface area contributed by atoms with Crippen molar-refractivity contribution in [3.05, 3.63) is 78.0 Å². The van der Waals surface area contributed by atoms with E-state index >= 15 is 0 Å². The van der Waals surface area contributed by atoms with Gasteiger partial charge in [0.05, 0.1) is 12.2 Å². The number of hydrogen-bond acceptors (Lipinski definition) is 4. The Balaban J connectivity index is 1.97. The van der Waals surface area contributed by atoms with Crippen molar-refractivity contribution >= 4 is 23.1 Å². The average Bonchev–Trinajstić information content (AvgIpc) is 2.98. The molecule has 2 aromatic carbocycles. The van der Waals surface area contributed by atoms with Gasteiger partial charge >= 0.3 is 0 Å². The normalized spacial score (nSPS) is 13.8. The van der Waals surface area contributed by atoms with Gasteiger partial charge in [-0.05, 0) is 48.2 Å². The van der Waals surface area contributed by atoms with Crippen LogP contribution in [0.5, 0.6) is 5.75 Å². The van der Waals surface area contributed by atoms with Gasteiger partial charge in [-0.15, -0.1) is 6.58 Å². The summed E-state index contributed by atoms with van der Waals surface area (Å²) in [5.74, 6) is 0.0566. The molecule has 0 radical (unpaired) electrons. The fourth-order valence-electron chi connectivity index (χ4n) is 3.16. The average molecular weight is 390 g/mol. The maximum Gasteiger partial charge on any atom is 0.278 e. The molecule has 5 nitrogen and oxygen atoms in total. The molecule has 2 aromatic rings. The maximum atomic E-state index is 13.0. The van der Waals surface area contributed by atoms with Crippen LogP contribution in [0.25, 0.3) is 5.57 Å². The topological polar surface area (TPSA) is 58.6 Å². The highest BCUT2D eigenvalue weighted by molar-refractivity contribution is 6.36. The minimum absolute atomic E-state index is 0.165. The molecular formula is C24H26N2O3. The highest BCUT2D eigenvalue weighted by atomic mass is 16.5. The second-order valence-electron chi connectivity index (χ2n) is 6.81. The molecule has 0 aliphatic carbocycles. The molecule has 0 bridgehead atoms. The van der Waals surface area contributed by atoms with E-state index in [0.29, 0.717) is 17.7 Å². The third-order valence-electron chi connectivity index (χ3n) is 4.73. The summed E-state index contributed by atoms with van der Waals surface area (Å²) in [6.07, 6.45) is 3.40. The number of rotatable bonds is 9. The Morgan fingerprint density at radius 3 is 2.28 bits per heavy atom. The van der Waals surface area contributed by atoms with Gasteiger partial charge in [-0.2, -0.15) is 0 Å². The molecule has 0 atom stereocenters. The Morgan fingerprint density at radius 1 is 1.00 bits per heavy atom. The molecular weight excluding hydrogens is 364 g/mol. The summed E-state index contributed by atoms with van der Waals surface area (Å²) in [6, 6.07) is 15.1. The summed E-state index contributed by atoms with van der Waals surface area (Å²) in [5.41, 5.74) is 3.28. The lowest BCUT2D eigenvalue weighted by atomic mass is 10.0. The summed E-state index contributed by atoms with van der Waals surface area (Å²) >= 11 is 0. The standard InChI is InChI=1S/C24H26N2O3/c1-4-15-26-23(27)21(18-9-13-20(14-10-18)29-16-5-2)22(24(26)28)25-19-11-7-17(6-3)8-12-19/h4,7-14,25H,1,5-6,15-16H2,2-3H3. The van der Waals surface area contributed by atoms with E-state index in [-0.39, 0.29) is 24.1 Å². The molecule has 0 unspecified atom stereocenters. The second kappa shape index (κ2) is 9.24. The first-order valence-corrected chi connectivity index (χ1v) is 9.89. The summed E-state index contributed by atoms with van der Waals surface area (Å²) in [4.78, 5) is 27.1. The molecule has 0 saturated heterocycles. The Morgan fingerprint density at radius 2 is 1.69 bits per heavy atom. The fourth-order valence-corrected chi connectivity index (χ4v) is 3.16. The first-order chi connectivity index (χ1) is 14.1. The lowest BCUT2D eigenvalue weighted by Gasteiger charge is -2.12. The molecule has 3 rings (SSSR count). The van der Waals surface area contributed by atoms with Gasteiger partial charge in [-0.1, -0.05) is 44.2 Å². The zero-order valence-electron chi connectivity index (χ0n) is 16.9. The van der Waals surface area contributed by atoms with Crippen molar-refractivity contribution in [3.8, 4) is 5.75 Å². The number of nitrogens with zero attached hydrogens (tertiary/aromatic N) is 1. The Labute approximate surface area is 171 Å². The summed E-state index contributed by atoms with van der Waals surface area (Å²) in [7, 11) is 0. The van der Waals surface area contributed by atoms with Crippen LogP contribution in [-0.2, 0) is 16.0 Å². The monoisotopic (exact) mass is 390 g/mol. The number of imide groups is 1. The maximum absolute atomic E-state index is 13.0. The van der Waals surface area contributed by atoms with Crippen LogP contribution in [0.2, 0.25) is 0 Å². The van der Waals surface area contributed by atoms with Gasteiger partial charge in [0.15, 0.2) is 0 Å². The lowest BCUT2D eigenvalue weighted by Crippen LogP contribution is -2.32. The molecule has 5 heteroatoms. The number of benzene rings is 2. The van der Waals surface area contributed by atoms with Crippen molar-refractivity contribution < 1.29 is 14.3 Å². The SMILES string of the molecule is C=CCN1C(=O)C(Nc2ccc(CC)cc2)=C(c2ccc(OCCC)cc2)C1=O. The summed E-state index contributed by atoms with van der Waals surface area (Å²) in [6.45, 7) is 8.58. The minimum Gasteiger partial charge on any atom is -0.494 e. The zero-order chi connectivity index (χ0) is 20.8. The van der Waals surface area contributed by atoms with Gasteiger partial charge in [-0.25, -0.2) is 0 Å². The molecule has 1 aliphatic rings. The summed E-state index contributed by atoms with van der Waals surface area (Å²) < 4.78 is 5.62. The van der Waals surface area contributed by atoms with Crippen LogP contribution in [-0.4, -0.2) is 29.9 Å². The largest absolute Gasteiger partial charge is 0.494 e. The molecule has 0 fully saturated rings.